The summed E-state index contributed by atoms with van der Waals surface area (Å²) in [6.07, 6.45) is 0. The monoisotopic (exact) mass is 426 g/mol. The summed E-state index contributed by atoms with van der Waals surface area (Å²) >= 11 is 3.43. The second-order valence-electron chi connectivity index (χ2n) is 5.29. The van der Waals surface area contributed by atoms with Crippen LogP contribution in [-0.4, -0.2) is 28.3 Å². The van der Waals surface area contributed by atoms with E-state index < -0.39 is 10.0 Å². The third-order valence-electron chi connectivity index (χ3n) is 3.53. The highest BCUT2D eigenvalue weighted by atomic mass is 79.9. The lowest BCUT2D eigenvalue weighted by Crippen LogP contribution is -2.20. The summed E-state index contributed by atoms with van der Waals surface area (Å²) in [6, 6.07) is 10.00. The van der Waals surface area contributed by atoms with E-state index in [4.69, 9.17) is 9.47 Å². The van der Waals surface area contributed by atoms with Crippen LogP contribution in [0.3, 0.4) is 0 Å². The Morgan fingerprint density at radius 1 is 1.08 bits per heavy atom. The highest BCUT2D eigenvalue weighted by Crippen LogP contribution is 2.33. The molecule has 2 rings (SSSR count). The van der Waals surface area contributed by atoms with Crippen LogP contribution in [-0.2, 0) is 10.0 Å². The topological polar surface area (TPSA) is 77.0 Å². The van der Waals surface area contributed by atoms with Gasteiger partial charge < -0.3 is 9.47 Å². The van der Waals surface area contributed by atoms with Gasteiger partial charge in [0.1, 0.15) is 0 Å². The molecule has 0 bridgehead atoms. The van der Waals surface area contributed by atoms with Gasteiger partial charge in [0.05, 0.1) is 24.8 Å². The fourth-order valence-corrected chi connectivity index (χ4v) is 3.56. The Bertz CT molecular complexity index is 894. The summed E-state index contributed by atoms with van der Waals surface area (Å²) in [5.74, 6) is 1.09. The average Bonchev–Trinajstić information content (AvgIpc) is 2.59. The molecule has 25 heavy (non-hydrogen) atoms. The van der Waals surface area contributed by atoms with Crippen molar-refractivity contribution < 1.29 is 17.9 Å². The highest BCUT2D eigenvalue weighted by molar-refractivity contribution is 9.10. The minimum Gasteiger partial charge on any atom is -0.493 e. The number of hydrogen-bond acceptors (Lipinski definition) is 5. The summed E-state index contributed by atoms with van der Waals surface area (Å²) in [6.45, 7) is 3.59. The fraction of sp³-hybridized carbons (Fsp3) is 0.235. The molecule has 0 fully saturated rings. The first-order valence-electron chi connectivity index (χ1n) is 7.33. The Morgan fingerprint density at radius 3 is 2.20 bits per heavy atom. The first kappa shape index (κ1) is 19.3. The molecule has 0 atom stereocenters. The minimum atomic E-state index is -3.73. The van der Waals surface area contributed by atoms with Gasteiger partial charge >= 0.3 is 0 Å². The average molecular weight is 427 g/mol. The van der Waals surface area contributed by atoms with Crippen molar-refractivity contribution in [3.8, 4) is 11.5 Å². The number of ether oxygens (including phenoxy) is 2. The maximum atomic E-state index is 12.3. The number of methoxy groups -OCH3 is 2. The van der Waals surface area contributed by atoms with Gasteiger partial charge in [-0.25, -0.2) is 0 Å². The van der Waals surface area contributed by atoms with E-state index in [1.54, 1.807) is 38.3 Å². The van der Waals surface area contributed by atoms with Crippen LogP contribution < -0.4 is 14.3 Å². The molecule has 6 nitrogen and oxygen atoms in total. The standard InChI is InChI=1S/C17H19BrN2O4S/c1-11-5-7-13(8-6-11)25(21,22)20-19-12(2)14-9-16(23-3)17(24-4)10-15(14)18/h5-10,20H,1-4H3/b19-12+. The van der Waals surface area contributed by atoms with Crippen LogP contribution in [0.15, 0.2) is 50.9 Å². The van der Waals surface area contributed by atoms with E-state index in [9.17, 15) is 8.42 Å². The van der Waals surface area contributed by atoms with Gasteiger partial charge in [-0.2, -0.15) is 18.4 Å². The van der Waals surface area contributed by atoms with Gasteiger partial charge in [-0.05, 0) is 54.0 Å². The van der Waals surface area contributed by atoms with E-state index in [0.29, 0.717) is 27.2 Å². The van der Waals surface area contributed by atoms with E-state index >= 15 is 0 Å². The zero-order valence-corrected chi connectivity index (χ0v) is 16.7. The predicted octanol–water partition coefficient (Wildman–Crippen LogP) is 3.48. The molecule has 2 aromatic carbocycles. The molecule has 0 heterocycles. The fourth-order valence-electron chi connectivity index (χ4n) is 2.09. The van der Waals surface area contributed by atoms with Gasteiger partial charge in [0.2, 0.25) is 0 Å². The van der Waals surface area contributed by atoms with E-state index in [1.807, 2.05) is 6.92 Å². The Balaban J connectivity index is 2.31. The normalized spacial score (nSPS) is 12.0. The maximum Gasteiger partial charge on any atom is 0.276 e. The first-order chi connectivity index (χ1) is 11.8. The van der Waals surface area contributed by atoms with Crippen LogP contribution in [0.25, 0.3) is 0 Å². The van der Waals surface area contributed by atoms with Crippen molar-refractivity contribution in [2.45, 2.75) is 18.7 Å². The third-order valence-corrected chi connectivity index (χ3v) is 5.41. The number of sulfonamides is 1. The quantitative estimate of drug-likeness (QED) is 0.566. The minimum absolute atomic E-state index is 0.154. The predicted molar refractivity (Wildman–Crippen MR) is 101 cm³/mol. The number of halogens is 1. The molecule has 0 aromatic heterocycles. The number of nitrogens with zero attached hydrogens (tertiary/aromatic N) is 1. The Kier molecular flexibility index (Phi) is 6.07. The van der Waals surface area contributed by atoms with Crippen molar-refractivity contribution in [1.82, 2.24) is 4.83 Å². The summed E-state index contributed by atoms with van der Waals surface area (Å²) < 4.78 is 35.8. The molecular weight excluding hydrogens is 408 g/mol. The Labute approximate surface area is 156 Å². The molecule has 134 valence electrons. The van der Waals surface area contributed by atoms with Crippen LogP contribution in [0, 0.1) is 6.92 Å². The van der Waals surface area contributed by atoms with Crippen molar-refractivity contribution in [1.29, 1.82) is 0 Å². The van der Waals surface area contributed by atoms with Crippen LogP contribution in [0.5, 0.6) is 11.5 Å². The summed E-state index contributed by atoms with van der Waals surface area (Å²) in [7, 11) is -0.658. The summed E-state index contributed by atoms with van der Waals surface area (Å²) in [5.41, 5.74) is 2.14. The molecule has 8 heteroatoms. The summed E-state index contributed by atoms with van der Waals surface area (Å²) in [5, 5.41) is 4.01. The zero-order chi connectivity index (χ0) is 18.6. The number of aryl methyl sites for hydroxylation is 1. The Morgan fingerprint density at radius 2 is 1.64 bits per heavy atom. The zero-order valence-electron chi connectivity index (χ0n) is 14.3. The molecule has 0 unspecified atom stereocenters. The van der Waals surface area contributed by atoms with Gasteiger partial charge in [0.25, 0.3) is 10.0 Å². The van der Waals surface area contributed by atoms with E-state index in [2.05, 4.69) is 25.9 Å². The van der Waals surface area contributed by atoms with Crippen molar-refractivity contribution in [3.63, 3.8) is 0 Å². The van der Waals surface area contributed by atoms with E-state index in [0.717, 1.165) is 5.56 Å². The van der Waals surface area contributed by atoms with Crippen LogP contribution in [0.2, 0.25) is 0 Å². The van der Waals surface area contributed by atoms with E-state index in [-0.39, 0.29) is 4.90 Å². The first-order valence-corrected chi connectivity index (χ1v) is 9.60. The number of nitrogens with one attached hydrogen (secondary N) is 1. The van der Waals surface area contributed by atoms with E-state index in [1.165, 1.54) is 19.2 Å². The molecule has 0 amide bonds. The molecular formula is C17H19BrN2O4S. The van der Waals surface area contributed by atoms with Crippen LogP contribution in [0.4, 0.5) is 0 Å². The second kappa shape index (κ2) is 7.88. The highest BCUT2D eigenvalue weighted by Gasteiger charge is 2.15. The molecule has 0 aliphatic carbocycles. The molecule has 0 saturated carbocycles. The lowest BCUT2D eigenvalue weighted by Gasteiger charge is -2.12. The summed E-state index contributed by atoms with van der Waals surface area (Å²) in [4.78, 5) is 2.41. The van der Waals surface area contributed by atoms with Crippen molar-refractivity contribution in [3.05, 3.63) is 52.0 Å². The number of hydrogen-bond donors (Lipinski definition) is 1. The number of hydrazone groups is 1. The second-order valence-corrected chi connectivity index (χ2v) is 7.81. The van der Waals surface area contributed by atoms with Crippen molar-refractivity contribution >= 4 is 31.7 Å². The Hall–Kier alpha value is -2.06. The van der Waals surface area contributed by atoms with Gasteiger partial charge in [-0.1, -0.05) is 17.7 Å². The van der Waals surface area contributed by atoms with Gasteiger partial charge in [-0.3, -0.25) is 0 Å². The number of rotatable bonds is 6. The largest absolute Gasteiger partial charge is 0.493 e. The molecule has 0 aliphatic rings. The lowest BCUT2D eigenvalue weighted by atomic mass is 10.1. The van der Waals surface area contributed by atoms with Gasteiger partial charge in [0, 0.05) is 10.0 Å². The lowest BCUT2D eigenvalue weighted by molar-refractivity contribution is 0.354. The number of benzene rings is 2. The smallest absolute Gasteiger partial charge is 0.276 e. The van der Waals surface area contributed by atoms with Crippen molar-refractivity contribution in [2.24, 2.45) is 5.10 Å². The third kappa shape index (κ3) is 4.52. The van der Waals surface area contributed by atoms with Crippen molar-refractivity contribution in [2.75, 3.05) is 14.2 Å². The van der Waals surface area contributed by atoms with Crippen LogP contribution in [0.1, 0.15) is 18.1 Å². The molecule has 0 spiro atoms. The molecule has 0 aliphatic heterocycles. The molecule has 1 N–H and O–H groups in total. The van der Waals surface area contributed by atoms with Crippen LogP contribution >= 0.6 is 15.9 Å². The SMILES string of the molecule is COc1cc(Br)c(/C(C)=N/NS(=O)(=O)c2ccc(C)cc2)cc1OC. The molecule has 0 saturated heterocycles. The molecule has 0 radical (unpaired) electrons. The van der Waals surface area contributed by atoms with Gasteiger partial charge in [0.15, 0.2) is 11.5 Å². The van der Waals surface area contributed by atoms with Gasteiger partial charge in [-0.15, -0.1) is 0 Å². The maximum absolute atomic E-state index is 12.3. The molecule has 2 aromatic rings.